The van der Waals surface area contributed by atoms with Crippen LogP contribution in [-0.2, 0) is 9.47 Å². The highest BCUT2D eigenvalue weighted by atomic mass is 16.7. The average molecular weight is 223 g/mol. The smallest absolute Gasteiger partial charge is 0.269 e. The molecule has 1 aliphatic heterocycles. The molecule has 0 radical (unpaired) electrons. The first kappa shape index (κ1) is 11.0. The Bertz CT molecular complexity index is 399. The summed E-state index contributed by atoms with van der Waals surface area (Å²) in [4.78, 5) is 10.2. The van der Waals surface area contributed by atoms with Gasteiger partial charge in [0.1, 0.15) is 6.79 Å². The van der Waals surface area contributed by atoms with Crippen molar-refractivity contribution in [3.63, 3.8) is 0 Å². The van der Waals surface area contributed by atoms with Crippen LogP contribution in [0.1, 0.15) is 17.0 Å². The first-order chi connectivity index (χ1) is 7.68. The largest absolute Gasteiger partial charge is 0.355 e. The molecule has 1 aromatic rings. The summed E-state index contributed by atoms with van der Waals surface area (Å²) in [6.45, 7) is 3.43. The SMILES string of the molecule is Cc1cc([N+](=O)[O-])ccc1C1COCOC1. The molecule has 16 heavy (non-hydrogen) atoms. The maximum atomic E-state index is 10.6. The molecule has 0 bridgehead atoms. The fraction of sp³-hybridized carbons (Fsp3) is 0.455. The second kappa shape index (κ2) is 4.59. The van der Waals surface area contributed by atoms with Crippen molar-refractivity contribution in [1.82, 2.24) is 0 Å². The third-order valence-electron chi connectivity index (χ3n) is 2.71. The first-order valence-electron chi connectivity index (χ1n) is 5.09. The van der Waals surface area contributed by atoms with Gasteiger partial charge in [0.2, 0.25) is 0 Å². The topological polar surface area (TPSA) is 61.6 Å². The lowest BCUT2D eigenvalue weighted by Gasteiger charge is -2.23. The van der Waals surface area contributed by atoms with Crippen molar-refractivity contribution < 1.29 is 14.4 Å². The summed E-state index contributed by atoms with van der Waals surface area (Å²) >= 11 is 0. The minimum Gasteiger partial charge on any atom is -0.355 e. The average Bonchev–Trinajstić information content (AvgIpc) is 2.30. The van der Waals surface area contributed by atoms with E-state index in [0.29, 0.717) is 20.0 Å². The molecule has 0 N–H and O–H groups in total. The molecule has 1 aliphatic rings. The first-order valence-corrected chi connectivity index (χ1v) is 5.09. The van der Waals surface area contributed by atoms with E-state index < -0.39 is 0 Å². The van der Waals surface area contributed by atoms with Gasteiger partial charge in [0, 0.05) is 18.1 Å². The van der Waals surface area contributed by atoms with Crippen LogP contribution in [0, 0.1) is 17.0 Å². The molecule has 1 saturated heterocycles. The monoisotopic (exact) mass is 223 g/mol. The van der Waals surface area contributed by atoms with Gasteiger partial charge in [-0.05, 0) is 18.1 Å². The van der Waals surface area contributed by atoms with Crippen LogP contribution < -0.4 is 0 Å². The van der Waals surface area contributed by atoms with Gasteiger partial charge >= 0.3 is 0 Å². The third-order valence-corrected chi connectivity index (χ3v) is 2.71. The number of nitro benzene ring substituents is 1. The van der Waals surface area contributed by atoms with E-state index >= 15 is 0 Å². The number of benzene rings is 1. The standard InChI is InChI=1S/C11H13NO4/c1-8-4-10(12(13)14)2-3-11(8)9-5-15-7-16-6-9/h2-4,9H,5-7H2,1H3. The zero-order valence-electron chi connectivity index (χ0n) is 9.01. The van der Waals surface area contributed by atoms with Crippen LogP contribution in [0.4, 0.5) is 5.69 Å². The molecule has 86 valence electrons. The van der Waals surface area contributed by atoms with E-state index in [-0.39, 0.29) is 16.5 Å². The fourth-order valence-electron chi connectivity index (χ4n) is 1.90. The second-order valence-electron chi connectivity index (χ2n) is 3.85. The molecule has 0 aliphatic carbocycles. The van der Waals surface area contributed by atoms with Crippen LogP contribution in [0.25, 0.3) is 0 Å². The molecular weight excluding hydrogens is 210 g/mol. The Morgan fingerprint density at radius 2 is 2.06 bits per heavy atom. The van der Waals surface area contributed by atoms with Crippen molar-refractivity contribution >= 4 is 5.69 Å². The maximum absolute atomic E-state index is 10.6. The maximum Gasteiger partial charge on any atom is 0.269 e. The van der Waals surface area contributed by atoms with Crippen LogP contribution in [0.2, 0.25) is 0 Å². The Labute approximate surface area is 93.1 Å². The molecule has 0 aromatic heterocycles. The summed E-state index contributed by atoms with van der Waals surface area (Å²) in [5.74, 6) is 0.176. The van der Waals surface area contributed by atoms with Crippen molar-refractivity contribution in [3.8, 4) is 0 Å². The van der Waals surface area contributed by atoms with Gasteiger partial charge in [-0.25, -0.2) is 0 Å². The van der Waals surface area contributed by atoms with Crippen LogP contribution in [0.5, 0.6) is 0 Å². The molecular formula is C11H13NO4. The molecule has 0 atom stereocenters. The van der Waals surface area contributed by atoms with Crippen molar-refractivity contribution in [3.05, 3.63) is 39.4 Å². The Hall–Kier alpha value is -1.46. The Kier molecular flexibility index (Phi) is 3.17. The molecule has 0 spiro atoms. The zero-order chi connectivity index (χ0) is 11.5. The van der Waals surface area contributed by atoms with Crippen molar-refractivity contribution in [1.29, 1.82) is 0 Å². The van der Waals surface area contributed by atoms with Crippen molar-refractivity contribution in [2.24, 2.45) is 0 Å². The Balaban J connectivity index is 2.24. The number of ether oxygens (including phenoxy) is 2. The lowest BCUT2D eigenvalue weighted by molar-refractivity contribution is -0.384. The molecule has 5 heteroatoms. The van der Waals surface area contributed by atoms with Gasteiger partial charge in [-0.1, -0.05) is 6.07 Å². The van der Waals surface area contributed by atoms with E-state index in [4.69, 9.17) is 9.47 Å². The highest BCUT2D eigenvalue weighted by molar-refractivity contribution is 5.41. The molecule has 1 fully saturated rings. The van der Waals surface area contributed by atoms with E-state index in [1.165, 1.54) is 6.07 Å². The lowest BCUT2D eigenvalue weighted by Crippen LogP contribution is -2.22. The predicted octanol–water partition coefficient (Wildman–Crippen LogP) is 1.99. The summed E-state index contributed by atoms with van der Waals surface area (Å²) in [6, 6.07) is 4.90. The van der Waals surface area contributed by atoms with Crippen LogP contribution in [0.3, 0.4) is 0 Å². The minimum atomic E-state index is -0.384. The fourth-order valence-corrected chi connectivity index (χ4v) is 1.90. The molecule has 5 nitrogen and oxygen atoms in total. The zero-order valence-corrected chi connectivity index (χ0v) is 9.01. The van der Waals surface area contributed by atoms with Gasteiger partial charge in [-0.15, -0.1) is 0 Å². The number of hydrogen-bond acceptors (Lipinski definition) is 4. The summed E-state index contributed by atoms with van der Waals surface area (Å²) in [5, 5.41) is 10.6. The van der Waals surface area contributed by atoms with E-state index in [9.17, 15) is 10.1 Å². The summed E-state index contributed by atoms with van der Waals surface area (Å²) in [6.07, 6.45) is 0. The summed E-state index contributed by atoms with van der Waals surface area (Å²) < 4.78 is 10.4. The van der Waals surface area contributed by atoms with Gasteiger partial charge in [0.15, 0.2) is 0 Å². The van der Waals surface area contributed by atoms with E-state index in [1.54, 1.807) is 12.1 Å². The van der Waals surface area contributed by atoms with Gasteiger partial charge < -0.3 is 9.47 Å². The van der Waals surface area contributed by atoms with Gasteiger partial charge in [-0.2, -0.15) is 0 Å². The molecule has 1 heterocycles. The van der Waals surface area contributed by atoms with Gasteiger partial charge in [0.05, 0.1) is 18.1 Å². The number of aryl methyl sites for hydroxylation is 1. The van der Waals surface area contributed by atoms with Crippen LogP contribution >= 0.6 is 0 Å². The van der Waals surface area contributed by atoms with Gasteiger partial charge in [0.25, 0.3) is 5.69 Å². The van der Waals surface area contributed by atoms with E-state index in [1.807, 2.05) is 6.92 Å². The molecule has 0 saturated carbocycles. The Morgan fingerprint density at radius 1 is 1.38 bits per heavy atom. The number of non-ortho nitro benzene ring substituents is 1. The molecule has 1 aromatic carbocycles. The Morgan fingerprint density at radius 3 is 2.62 bits per heavy atom. The highest BCUT2D eigenvalue weighted by Gasteiger charge is 2.19. The molecule has 0 unspecified atom stereocenters. The quantitative estimate of drug-likeness (QED) is 0.568. The van der Waals surface area contributed by atoms with E-state index in [2.05, 4.69) is 0 Å². The third kappa shape index (κ3) is 2.20. The number of rotatable bonds is 2. The van der Waals surface area contributed by atoms with Gasteiger partial charge in [-0.3, -0.25) is 10.1 Å². The lowest BCUT2D eigenvalue weighted by atomic mass is 9.95. The minimum absolute atomic E-state index is 0.124. The second-order valence-corrected chi connectivity index (χ2v) is 3.85. The van der Waals surface area contributed by atoms with E-state index in [0.717, 1.165) is 11.1 Å². The van der Waals surface area contributed by atoms with Crippen LogP contribution in [0.15, 0.2) is 18.2 Å². The predicted molar refractivity (Wildman–Crippen MR) is 57.3 cm³/mol. The molecule has 0 amide bonds. The van der Waals surface area contributed by atoms with Crippen LogP contribution in [-0.4, -0.2) is 24.9 Å². The van der Waals surface area contributed by atoms with Crippen molar-refractivity contribution in [2.45, 2.75) is 12.8 Å². The highest BCUT2D eigenvalue weighted by Crippen LogP contribution is 2.26. The number of nitrogens with zero attached hydrogens (tertiary/aromatic N) is 1. The number of nitro groups is 1. The normalized spacial score (nSPS) is 17.3. The summed E-state index contributed by atoms with van der Waals surface area (Å²) in [5.41, 5.74) is 2.09. The summed E-state index contributed by atoms with van der Waals surface area (Å²) in [7, 11) is 0. The van der Waals surface area contributed by atoms with Crippen molar-refractivity contribution in [2.75, 3.05) is 20.0 Å². The molecule has 2 rings (SSSR count). The number of hydrogen-bond donors (Lipinski definition) is 0.